The molecule has 2 heterocycles. The summed E-state index contributed by atoms with van der Waals surface area (Å²) >= 11 is 0. The van der Waals surface area contributed by atoms with Crippen molar-refractivity contribution in [2.45, 2.75) is 25.7 Å². The molecule has 2 aliphatic rings. The second kappa shape index (κ2) is 9.94. The summed E-state index contributed by atoms with van der Waals surface area (Å²) in [5.41, 5.74) is 2.29. The largest absolute Gasteiger partial charge is 0.494 e. The summed E-state index contributed by atoms with van der Waals surface area (Å²) in [5, 5.41) is 3.08. The molecule has 160 valence electrons. The minimum atomic E-state index is -0.240. The lowest BCUT2D eigenvalue weighted by Crippen LogP contribution is -2.44. The van der Waals surface area contributed by atoms with Crippen molar-refractivity contribution in [1.29, 1.82) is 0 Å². The number of nitrogens with one attached hydrogen (secondary N) is 1. The zero-order valence-electron chi connectivity index (χ0n) is 17.4. The number of nitrogens with zero attached hydrogens (tertiary/aromatic N) is 2. The summed E-state index contributed by atoms with van der Waals surface area (Å²) < 4.78 is 18.6. The van der Waals surface area contributed by atoms with Crippen LogP contribution >= 0.6 is 0 Å². The highest BCUT2D eigenvalue weighted by Crippen LogP contribution is 2.27. The Balaban J connectivity index is 1.10. The molecule has 2 aromatic carbocycles. The Morgan fingerprint density at radius 1 is 1.07 bits per heavy atom. The maximum atomic E-state index is 12.9. The fraction of sp³-hybridized carbons (Fsp3) is 0.458. The van der Waals surface area contributed by atoms with Gasteiger partial charge >= 0.3 is 6.03 Å². The van der Waals surface area contributed by atoms with Crippen molar-refractivity contribution in [2.75, 3.05) is 44.2 Å². The first kappa shape index (κ1) is 20.7. The van der Waals surface area contributed by atoms with Crippen LogP contribution in [-0.4, -0.2) is 50.3 Å². The van der Waals surface area contributed by atoms with Crippen molar-refractivity contribution in [1.82, 2.24) is 10.2 Å². The van der Waals surface area contributed by atoms with Gasteiger partial charge in [0.25, 0.3) is 0 Å². The number of amides is 2. The minimum absolute atomic E-state index is 0.00720. The topological polar surface area (TPSA) is 44.8 Å². The highest BCUT2D eigenvalue weighted by molar-refractivity contribution is 5.94. The van der Waals surface area contributed by atoms with E-state index in [1.165, 1.54) is 17.7 Å². The van der Waals surface area contributed by atoms with Gasteiger partial charge < -0.3 is 15.0 Å². The maximum absolute atomic E-state index is 12.9. The van der Waals surface area contributed by atoms with Gasteiger partial charge in [0.15, 0.2) is 0 Å². The second-order valence-electron chi connectivity index (χ2n) is 8.14. The first-order chi connectivity index (χ1) is 14.7. The number of anilines is 1. The molecule has 0 bridgehead atoms. The fourth-order valence-corrected chi connectivity index (χ4v) is 4.34. The number of hydrogen-bond acceptors (Lipinski definition) is 3. The number of fused-ring (bicyclic) bond motifs is 1. The van der Waals surface area contributed by atoms with Crippen molar-refractivity contribution in [3.63, 3.8) is 0 Å². The molecule has 0 aromatic heterocycles. The van der Waals surface area contributed by atoms with Gasteiger partial charge in [0.2, 0.25) is 0 Å². The summed E-state index contributed by atoms with van der Waals surface area (Å²) in [4.78, 5) is 16.8. The van der Waals surface area contributed by atoms with Gasteiger partial charge in [-0.25, -0.2) is 9.18 Å². The van der Waals surface area contributed by atoms with Crippen LogP contribution in [0.4, 0.5) is 14.9 Å². The van der Waals surface area contributed by atoms with Crippen molar-refractivity contribution in [3.05, 3.63) is 59.9 Å². The Bertz CT molecular complexity index is 835. The highest BCUT2D eigenvalue weighted by Gasteiger charge is 2.24. The smallest absolute Gasteiger partial charge is 0.321 e. The quantitative estimate of drug-likeness (QED) is 0.747. The average Bonchev–Trinajstić information content (AvgIpc) is 3.20. The molecule has 4 rings (SSSR count). The third kappa shape index (κ3) is 5.30. The molecule has 2 aliphatic heterocycles. The number of likely N-dealkylation sites (tertiary alicyclic amines) is 1. The van der Waals surface area contributed by atoms with E-state index in [-0.39, 0.29) is 11.8 Å². The highest BCUT2D eigenvalue weighted by atomic mass is 19.1. The molecule has 30 heavy (non-hydrogen) atoms. The molecule has 5 nitrogen and oxygen atoms in total. The van der Waals surface area contributed by atoms with Gasteiger partial charge in [-0.05, 0) is 80.6 Å². The summed E-state index contributed by atoms with van der Waals surface area (Å²) in [6.07, 6.45) is 4.26. The number of halogens is 1. The van der Waals surface area contributed by atoms with Crippen LogP contribution in [0, 0.1) is 11.7 Å². The number of benzene rings is 2. The van der Waals surface area contributed by atoms with Crippen LogP contribution < -0.4 is 15.0 Å². The molecule has 1 N–H and O–H groups in total. The Kier molecular flexibility index (Phi) is 6.84. The van der Waals surface area contributed by atoms with Gasteiger partial charge in [-0.15, -0.1) is 0 Å². The van der Waals surface area contributed by atoms with Gasteiger partial charge in [0.05, 0.1) is 6.61 Å². The molecule has 0 saturated carbocycles. The summed E-state index contributed by atoms with van der Waals surface area (Å²) in [6.45, 7) is 5.11. The summed E-state index contributed by atoms with van der Waals surface area (Å²) in [7, 11) is 0. The number of hydrogen-bond donors (Lipinski definition) is 1. The molecule has 0 spiro atoms. The van der Waals surface area contributed by atoms with Crippen molar-refractivity contribution in [3.8, 4) is 5.75 Å². The number of rotatable bonds is 7. The van der Waals surface area contributed by atoms with Gasteiger partial charge in [-0.3, -0.25) is 4.90 Å². The summed E-state index contributed by atoms with van der Waals surface area (Å²) in [5.74, 6) is 1.15. The van der Waals surface area contributed by atoms with Crippen LogP contribution in [0.25, 0.3) is 0 Å². The molecule has 2 amide bonds. The van der Waals surface area contributed by atoms with Gasteiger partial charge in [0.1, 0.15) is 11.6 Å². The van der Waals surface area contributed by atoms with Crippen LogP contribution in [0.5, 0.6) is 5.75 Å². The van der Waals surface area contributed by atoms with Crippen LogP contribution in [0.2, 0.25) is 0 Å². The van der Waals surface area contributed by atoms with Crippen LogP contribution in [0.1, 0.15) is 24.8 Å². The normalized spacial score (nSPS) is 17.0. The van der Waals surface area contributed by atoms with E-state index in [9.17, 15) is 9.18 Å². The standard InChI is InChI=1S/C24H30FN3O2/c25-21-5-7-22(8-6-21)30-18-12-19-9-14-27(15-10-19)17-13-26-24(29)28-16-11-20-3-1-2-4-23(20)28/h1-8,19H,9-18H2,(H,26,29). The van der Waals surface area contributed by atoms with E-state index in [1.807, 2.05) is 23.1 Å². The zero-order chi connectivity index (χ0) is 20.8. The van der Waals surface area contributed by atoms with Gasteiger partial charge in [-0.2, -0.15) is 0 Å². The monoisotopic (exact) mass is 411 g/mol. The third-order valence-corrected chi connectivity index (χ3v) is 6.15. The molecule has 0 unspecified atom stereocenters. The zero-order valence-corrected chi connectivity index (χ0v) is 17.4. The Morgan fingerprint density at radius 3 is 2.63 bits per heavy atom. The lowest BCUT2D eigenvalue weighted by Gasteiger charge is -2.32. The van der Waals surface area contributed by atoms with E-state index >= 15 is 0 Å². The van der Waals surface area contributed by atoms with E-state index in [2.05, 4.69) is 16.3 Å². The van der Waals surface area contributed by atoms with E-state index in [4.69, 9.17) is 4.74 Å². The summed E-state index contributed by atoms with van der Waals surface area (Å²) in [6, 6.07) is 14.3. The van der Waals surface area contributed by atoms with Crippen LogP contribution in [-0.2, 0) is 6.42 Å². The number of piperidine rings is 1. The number of carbonyl (C=O) groups excluding carboxylic acids is 1. The predicted octanol–water partition coefficient (Wildman–Crippen LogP) is 4.08. The first-order valence-corrected chi connectivity index (χ1v) is 10.9. The van der Waals surface area contributed by atoms with Gasteiger partial charge in [-0.1, -0.05) is 18.2 Å². The van der Waals surface area contributed by atoms with E-state index in [0.717, 1.165) is 63.3 Å². The second-order valence-corrected chi connectivity index (χ2v) is 8.14. The molecule has 0 atom stereocenters. The third-order valence-electron chi connectivity index (χ3n) is 6.15. The van der Waals surface area contributed by atoms with E-state index < -0.39 is 0 Å². The molecule has 1 saturated heterocycles. The van der Waals surface area contributed by atoms with Gasteiger partial charge in [0, 0.05) is 25.3 Å². The molecule has 0 aliphatic carbocycles. The maximum Gasteiger partial charge on any atom is 0.321 e. The fourth-order valence-electron chi connectivity index (χ4n) is 4.34. The van der Waals surface area contributed by atoms with Crippen molar-refractivity contribution in [2.24, 2.45) is 5.92 Å². The number of urea groups is 1. The number of ether oxygens (including phenoxy) is 1. The van der Waals surface area contributed by atoms with Crippen molar-refractivity contribution >= 4 is 11.7 Å². The Morgan fingerprint density at radius 2 is 1.83 bits per heavy atom. The molecule has 2 aromatic rings. The van der Waals surface area contributed by atoms with Crippen molar-refractivity contribution < 1.29 is 13.9 Å². The van der Waals surface area contributed by atoms with E-state index in [0.29, 0.717) is 19.1 Å². The first-order valence-electron chi connectivity index (χ1n) is 10.9. The predicted molar refractivity (Wildman–Crippen MR) is 117 cm³/mol. The van der Waals surface area contributed by atoms with Crippen LogP contribution in [0.3, 0.4) is 0 Å². The molecule has 0 radical (unpaired) electrons. The molecular formula is C24H30FN3O2. The number of carbonyl (C=O) groups is 1. The Hall–Kier alpha value is -2.60. The SMILES string of the molecule is O=C(NCCN1CCC(CCOc2ccc(F)cc2)CC1)N1CCc2ccccc21. The molecule has 1 fully saturated rings. The molecular weight excluding hydrogens is 381 g/mol. The van der Waals surface area contributed by atoms with E-state index in [1.54, 1.807) is 12.1 Å². The number of para-hydroxylation sites is 1. The van der Waals surface area contributed by atoms with Crippen LogP contribution in [0.15, 0.2) is 48.5 Å². The average molecular weight is 412 g/mol. The molecule has 6 heteroatoms. The lowest BCUT2D eigenvalue weighted by molar-refractivity contribution is 0.164. The lowest BCUT2D eigenvalue weighted by atomic mass is 9.94. The Labute approximate surface area is 177 Å². The minimum Gasteiger partial charge on any atom is -0.494 e.